The lowest BCUT2D eigenvalue weighted by atomic mass is 10.1. The molecule has 150 valence electrons. The maximum absolute atomic E-state index is 11.8. The van der Waals surface area contributed by atoms with E-state index in [0.29, 0.717) is 25.6 Å². The van der Waals surface area contributed by atoms with Crippen LogP contribution >= 0.6 is 0 Å². The molecule has 8 heteroatoms. The zero-order chi connectivity index (χ0) is 20.0. The van der Waals surface area contributed by atoms with Crippen molar-refractivity contribution in [1.82, 2.24) is 25.2 Å². The third-order valence-corrected chi connectivity index (χ3v) is 4.08. The topological polar surface area (TPSA) is 107 Å². The number of aryl methyl sites for hydroxylation is 2. The average Bonchev–Trinajstić information content (AvgIpc) is 2.94. The van der Waals surface area contributed by atoms with Crippen molar-refractivity contribution in [3.8, 4) is 0 Å². The lowest BCUT2D eigenvalue weighted by Crippen LogP contribution is -2.46. The second-order valence-electron chi connectivity index (χ2n) is 7.68. The molecular weight excluding hydrogens is 344 g/mol. The number of imidazole rings is 1. The maximum atomic E-state index is 11.8. The molecule has 2 heterocycles. The summed E-state index contributed by atoms with van der Waals surface area (Å²) in [6.45, 7) is 12.3. The van der Waals surface area contributed by atoms with Crippen LogP contribution in [0.1, 0.15) is 51.9 Å². The molecule has 0 saturated carbocycles. The first-order valence-corrected chi connectivity index (χ1v) is 9.47. The lowest BCUT2D eigenvalue weighted by Gasteiger charge is -2.20. The van der Waals surface area contributed by atoms with Crippen LogP contribution < -0.4 is 16.4 Å². The van der Waals surface area contributed by atoms with Crippen LogP contribution in [-0.2, 0) is 17.9 Å². The summed E-state index contributed by atoms with van der Waals surface area (Å²) in [7, 11) is 0. The molecule has 0 atom stereocenters. The normalized spacial score (nSPS) is 11.7. The Morgan fingerprint density at radius 2 is 2.07 bits per heavy atom. The number of nitrogens with two attached hydrogens (primary N) is 1. The fourth-order valence-corrected chi connectivity index (χ4v) is 2.89. The summed E-state index contributed by atoms with van der Waals surface area (Å²) < 4.78 is 7.73. The number of nitrogens with one attached hydrogen (secondary N) is 2. The van der Waals surface area contributed by atoms with E-state index in [1.807, 2.05) is 34.6 Å². The van der Waals surface area contributed by atoms with E-state index in [0.717, 1.165) is 41.8 Å². The predicted octanol–water partition coefficient (Wildman–Crippen LogP) is 2.74. The number of hydrogen-bond donors (Lipinski definition) is 3. The third-order valence-electron chi connectivity index (χ3n) is 4.08. The van der Waals surface area contributed by atoms with E-state index < -0.39 is 0 Å². The van der Waals surface area contributed by atoms with E-state index >= 15 is 0 Å². The Morgan fingerprint density at radius 3 is 2.74 bits per heavy atom. The predicted molar refractivity (Wildman–Crippen MR) is 108 cm³/mol. The van der Waals surface area contributed by atoms with E-state index in [-0.39, 0.29) is 11.6 Å². The van der Waals surface area contributed by atoms with Crippen LogP contribution in [0.2, 0.25) is 0 Å². The molecule has 0 fully saturated rings. The van der Waals surface area contributed by atoms with Gasteiger partial charge in [0.15, 0.2) is 5.82 Å². The summed E-state index contributed by atoms with van der Waals surface area (Å²) in [4.78, 5) is 20.7. The first-order valence-electron chi connectivity index (χ1n) is 9.47. The maximum Gasteiger partial charge on any atom is 0.315 e. The highest BCUT2D eigenvalue weighted by Gasteiger charge is 2.16. The molecule has 0 aliphatic rings. The molecule has 0 bridgehead atoms. The van der Waals surface area contributed by atoms with Crippen LogP contribution in [0.5, 0.6) is 0 Å². The molecule has 2 aromatic rings. The Kier molecular flexibility index (Phi) is 7.01. The molecule has 0 aliphatic heterocycles. The number of rotatable bonds is 8. The Bertz CT molecular complexity index is 779. The van der Waals surface area contributed by atoms with Crippen molar-refractivity contribution < 1.29 is 9.53 Å². The van der Waals surface area contributed by atoms with Crippen molar-refractivity contribution in [2.75, 3.05) is 18.9 Å². The van der Waals surface area contributed by atoms with Crippen molar-refractivity contribution in [2.24, 2.45) is 0 Å². The number of fused-ring (bicyclic) bond motifs is 1. The Labute approximate surface area is 160 Å². The van der Waals surface area contributed by atoms with Crippen LogP contribution in [0.25, 0.3) is 11.0 Å². The minimum atomic E-state index is -0.237. The largest absolute Gasteiger partial charge is 0.382 e. The number of amides is 2. The number of anilines is 1. The van der Waals surface area contributed by atoms with Gasteiger partial charge in [0, 0.05) is 31.4 Å². The lowest BCUT2D eigenvalue weighted by molar-refractivity contribution is 0.126. The quantitative estimate of drug-likeness (QED) is 0.614. The summed E-state index contributed by atoms with van der Waals surface area (Å²) in [5.74, 6) is 1.29. The number of hydrogen-bond acceptors (Lipinski definition) is 5. The van der Waals surface area contributed by atoms with Gasteiger partial charge in [-0.3, -0.25) is 0 Å². The number of nitrogen functional groups attached to an aromatic ring is 1. The van der Waals surface area contributed by atoms with Crippen molar-refractivity contribution in [1.29, 1.82) is 0 Å². The van der Waals surface area contributed by atoms with Gasteiger partial charge in [-0.15, -0.1) is 0 Å². The van der Waals surface area contributed by atoms with Crippen LogP contribution in [0.3, 0.4) is 0 Å². The number of unbranched alkanes of at least 4 members (excludes halogenated alkanes) is 1. The minimum absolute atomic E-state index is 0.137. The molecule has 0 spiro atoms. The summed E-state index contributed by atoms with van der Waals surface area (Å²) in [5.41, 5.74) is 8.56. The van der Waals surface area contributed by atoms with E-state index in [1.54, 1.807) is 6.20 Å². The van der Waals surface area contributed by atoms with Gasteiger partial charge in [-0.05, 0) is 53.0 Å². The number of pyridine rings is 1. The molecule has 0 aliphatic carbocycles. The molecule has 4 N–H and O–H groups in total. The van der Waals surface area contributed by atoms with E-state index in [9.17, 15) is 4.79 Å². The number of nitrogens with zero attached hydrogens (tertiary/aromatic N) is 3. The highest BCUT2D eigenvalue weighted by Crippen LogP contribution is 2.24. The van der Waals surface area contributed by atoms with Crippen molar-refractivity contribution >= 4 is 22.9 Å². The number of urea groups is 1. The third kappa shape index (κ3) is 5.82. The molecule has 27 heavy (non-hydrogen) atoms. The number of carbonyl (C=O) groups is 1. The second-order valence-corrected chi connectivity index (χ2v) is 7.68. The molecule has 2 rings (SSSR count). The van der Waals surface area contributed by atoms with Gasteiger partial charge in [-0.1, -0.05) is 0 Å². The molecule has 2 amide bonds. The van der Waals surface area contributed by atoms with Gasteiger partial charge in [0.25, 0.3) is 0 Å². The van der Waals surface area contributed by atoms with Gasteiger partial charge >= 0.3 is 6.03 Å². The van der Waals surface area contributed by atoms with Gasteiger partial charge in [-0.25, -0.2) is 14.8 Å². The first-order chi connectivity index (χ1) is 12.7. The molecule has 0 aromatic carbocycles. The molecule has 0 saturated heterocycles. The molecule has 0 unspecified atom stereocenters. The van der Waals surface area contributed by atoms with Crippen molar-refractivity contribution in [3.05, 3.63) is 17.6 Å². The Morgan fingerprint density at radius 1 is 1.33 bits per heavy atom. The summed E-state index contributed by atoms with van der Waals surface area (Å²) in [6.07, 6.45) is 3.55. The zero-order valence-corrected chi connectivity index (χ0v) is 17.1. The standard InChI is InChI=1S/C19H32N6O2/c1-6-27-12-14-23-15-16(13(2)11-22-17(15)20)25(14)10-8-7-9-21-18(26)24-19(3,4)5/h11H,6-10,12H2,1-5H3,(H2,20,22)(H2,21,24,26). The van der Waals surface area contributed by atoms with Gasteiger partial charge in [0.2, 0.25) is 0 Å². The molecule has 8 nitrogen and oxygen atoms in total. The van der Waals surface area contributed by atoms with Crippen LogP contribution in [0.4, 0.5) is 10.6 Å². The zero-order valence-electron chi connectivity index (χ0n) is 17.1. The number of ether oxygens (including phenoxy) is 1. The van der Waals surface area contributed by atoms with E-state index in [1.165, 1.54) is 0 Å². The SMILES string of the molecule is CCOCc1nc2c(N)ncc(C)c2n1CCCCNC(=O)NC(C)(C)C. The minimum Gasteiger partial charge on any atom is -0.382 e. The first kappa shape index (κ1) is 21.0. The summed E-state index contributed by atoms with van der Waals surface area (Å²) in [5, 5.41) is 5.79. The highest BCUT2D eigenvalue weighted by molar-refractivity contribution is 5.87. The molecule has 0 radical (unpaired) electrons. The fourth-order valence-electron chi connectivity index (χ4n) is 2.89. The van der Waals surface area contributed by atoms with E-state index in [4.69, 9.17) is 10.5 Å². The summed E-state index contributed by atoms with van der Waals surface area (Å²) in [6, 6.07) is -0.137. The van der Waals surface area contributed by atoms with Crippen molar-refractivity contribution in [3.63, 3.8) is 0 Å². The number of aromatic nitrogens is 3. The van der Waals surface area contributed by atoms with Crippen LogP contribution in [0, 0.1) is 6.92 Å². The second kappa shape index (κ2) is 9.03. The Balaban J connectivity index is 2.00. The van der Waals surface area contributed by atoms with Gasteiger partial charge < -0.3 is 25.7 Å². The monoisotopic (exact) mass is 376 g/mol. The molecule has 2 aromatic heterocycles. The van der Waals surface area contributed by atoms with Gasteiger partial charge in [0.05, 0.1) is 5.52 Å². The Hall–Kier alpha value is -2.35. The highest BCUT2D eigenvalue weighted by atomic mass is 16.5. The number of carbonyl (C=O) groups excluding carboxylic acids is 1. The summed E-state index contributed by atoms with van der Waals surface area (Å²) >= 11 is 0. The van der Waals surface area contributed by atoms with Gasteiger partial charge in [-0.2, -0.15) is 0 Å². The van der Waals surface area contributed by atoms with Crippen molar-refractivity contribution in [2.45, 2.75) is 66.2 Å². The molecular formula is C19H32N6O2. The fraction of sp³-hybridized carbons (Fsp3) is 0.632. The average molecular weight is 377 g/mol. The van der Waals surface area contributed by atoms with Crippen LogP contribution in [-0.4, -0.2) is 39.3 Å². The smallest absolute Gasteiger partial charge is 0.315 e. The van der Waals surface area contributed by atoms with Gasteiger partial charge in [0.1, 0.15) is 17.9 Å². The van der Waals surface area contributed by atoms with E-state index in [2.05, 4.69) is 25.2 Å². The van der Waals surface area contributed by atoms with Crippen LogP contribution in [0.15, 0.2) is 6.20 Å².